The van der Waals surface area contributed by atoms with Gasteiger partial charge in [0.25, 0.3) is 5.91 Å². The Balaban J connectivity index is 0.00000210. The average Bonchev–Trinajstić information content (AvgIpc) is 2.83. The van der Waals surface area contributed by atoms with Crippen LogP contribution in [0.1, 0.15) is 49.7 Å². The summed E-state index contributed by atoms with van der Waals surface area (Å²) in [4.78, 5) is 53.4. The van der Waals surface area contributed by atoms with Crippen LogP contribution in [-0.2, 0) is 16.1 Å². The monoisotopic (exact) mass is 482 g/mol. The van der Waals surface area contributed by atoms with Gasteiger partial charge in [-0.15, -0.1) is 0 Å². The van der Waals surface area contributed by atoms with E-state index in [0.717, 1.165) is 5.69 Å². The van der Waals surface area contributed by atoms with Crippen molar-refractivity contribution in [3.05, 3.63) is 41.7 Å². The Morgan fingerprint density at radius 2 is 1.74 bits per heavy atom. The maximum atomic E-state index is 12.4. The number of hydrogen-bond acceptors (Lipinski definition) is 10. The van der Waals surface area contributed by atoms with Crippen molar-refractivity contribution in [2.75, 3.05) is 23.4 Å². The fraction of sp³-hybridized carbons (Fsp3) is 0.348. The molecule has 0 radical (unpaired) electrons. The molecule has 0 unspecified atom stereocenters. The van der Waals surface area contributed by atoms with Gasteiger partial charge in [0.05, 0.1) is 18.4 Å². The van der Waals surface area contributed by atoms with E-state index in [-0.39, 0.29) is 30.4 Å². The van der Waals surface area contributed by atoms with E-state index in [4.69, 9.17) is 11.5 Å². The van der Waals surface area contributed by atoms with Crippen molar-refractivity contribution in [2.45, 2.75) is 46.2 Å². The third-order valence-electron chi connectivity index (χ3n) is 4.86. The first-order chi connectivity index (χ1) is 16.6. The van der Waals surface area contributed by atoms with Crippen molar-refractivity contribution in [3.8, 4) is 0 Å². The van der Waals surface area contributed by atoms with Gasteiger partial charge in [0, 0.05) is 24.7 Å². The molecule has 2 aromatic heterocycles. The average molecular weight is 483 g/mol. The Bertz CT molecular complexity index is 1200. The summed E-state index contributed by atoms with van der Waals surface area (Å²) in [6.45, 7) is 5.77. The molecule has 2 heterocycles. The van der Waals surface area contributed by atoms with Crippen LogP contribution in [0.15, 0.2) is 30.5 Å². The summed E-state index contributed by atoms with van der Waals surface area (Å²) in [6.07, 6.45) is 1.68. The van der Waals surface area contributed by atoms with Crippen molar-refractivity contribution < 1.29 is 19.5 Å². The zero-order chi connectivity index (χ0) is 26.1. The van der Waals surface area contributed by atoms with Crippen molar-refractivity contribution in [1.29, 1.82) is 0 Å². The number of hydrogen-bond donors (Lipinski definition) is 4. The Kier molecular flexibility index (Phi) is 9.38. The second-order valence-corrected chi connectivity index (χ2v) is 7.51. The van der Waals surface area contributed by atoms with Crippen LogP contribution in [0, 0.1) is 0 Å². The molecule has 1 amide bonds. The number of nitrogen functional groups attached to an aromatic ring is 2. The summed E-state index contributed by atoms with van der Waals surface area (Å²) >= 11 is 0. The zero-order valence-corrected chi connectivity index (χ0v) is 20.1. The largest absolute Gasteiger partial charge is 0.480 e. The van der Waals surface area contributed by atoms with Crippen molar-refractivity contribution in [1.82, 2.24) is 25.3 Å². The fourth-order valence-corrected chi connectivity index (χ4v) is 3.11. The Morgan fingerprint density at radius 1 is 1.09 bits per heavy atom. The van der Waals surface area contributed by atoms with Crippen LogP contribution >= 0.6 is 0 Å². The predicted octanol–water partition coefficient (Wildman–Crippen LogP) is 1.80. The first kappa shape index (κ1) is 26.9. The molecule has 0 saturated heterocycles. The number of Topliss-reactive ketones (excluding diaryl/α,β-unsaturated/α-hetero) is 1. The van der Waals surface area contributed by atoms with Gasteiger partial charge in [-0.1, -0.05) is 13.8 Å². The maximum absolute atomic E-state index is 12.4. The molecule has 3 aromatic rings. The molecule has 0 spiro atoms. The number of carbonyl (C=O) groups is 3. The number of benzene rings is 1. The third-order valence-corrected chi connectivity index (χ3v) is 4.86. The first-order valence-electron chi connectivity index (χ1n) is 11.0. The Morgan fingerprint density at radius 3 is 2.34 bits per heavy atom. The Hall–Kier alpha value is -4.35. The molecule has 0 fully saturated rings. The molecule has 0 aliphatic carbocycles. The normalized spacial score (nSPS) is 11.2. The van der Waals surface area contributed by atoms with Crippen molar-refractivity contribution >= 4 is 46.3 Å². The predicted molar refractivity (Wildman–Crippen MR) is 133 cm³/mol. The van der Waals surface area contributed by atoms with Gasteiger partial charge < -0.3 is 31.6 Å². The number of nitrogens with two attached hydrogens (primary N) is 2. The van der Waals surface area contributed by atoms with Crippen LogP contribution in [0.25, 0.3) is 11.2 Å². The standard InChI is InChI=1S/C21H24N8O4.C2H6/c1-11(30)3-8-15(20(32)33)26-19(31)12-4-6-14(7-5-12)29(2)10-13-9-24-18-16(25-13)17(22)27-21(23)28-18;1-2/h4-7,9,15H,3,8,10H2,1-2H3,(H,26,31)(H,32,33)(H4,22,23,24,27,28);1-2H3/t15-;/m0./s1. The summed E-state index contributed by atoms with van der Waals surface area (Å²) in [5, 5.41) is 11.7. The van der Waals surface area contributed by atoms with E-state index in [1.807, 2.05) is 25.8 Å². The van der Waals surface area contributed by atoms with E-state index in [0.29, 0.717) is 29.0 Å². The molecule has 186 valence electrons. The molecule has 12 heteroatoms. The number of aromatic nitrogens is 4. The molecule has 12 nitrogen and oxygen atoms in total. The summed E-state index contributed by atoms with van der Waals surface area (Å²) in [7, 11) is 1.84. The van der Waals surface area contributed by atoms with Gasteiger partial charge >= 0.3 is 5.97 Å². The lowest BCUT2D eigenvalue weighted by atomic mass is 10.1. The highest BCUT2D eigenvalue weighted by atomic mass is 16.4. The lowest BCUT2D eigenvalue weighted by Crippen LogP contribution is -2.41. The molecule has 0 aliphatic heterocycles. The molecule has 1 aromatic carbocycles. The number of nitrogens with one attached hydrogen (secondary N) is 1. The van der Waals surface area contributed by atoms with E-state index >= 15 is 0 Å². The summed E-state index contributed by atoms with van der Waals surface area (Å²) in [5.74, 6) is -1.69. The molecule has 6 N–H and O–H groups in total. The zero-order valence-electron chi connectivity index (χ0n) is 20.1. The maximum Gasteiger partial charge on any atom is 0.326 e. The highest BCUT2D eigenvalue weighted by molar-refractivity contribution is 5.97. The highest BCUT2D eigenvalue weighted by Crippen LogP contribution is 2.19. The summed E-state index contributed by atoms with van der Waals surface area (Å²) in [6, 6.07) is 5.50. The molecule has 0 bridgehead atoms. The number of carbonyl (C=O) groups excluding carboxylic acids is 2. The third kappa shape index (κ3) is 7.32. The quantitative estimate of drug-likeness (QED) is 0.348. The van der Waals surface area contributed by atoms with Gasteiger partial charge in [-0.3, -0.25) is 4.79 Å². The van der Waals surface area contributed by atoms with Crippen LogP contribution in [0.2, 0.25) is 0 Å². The molecule has 0 saturated carbocycles. The molecule has 3 rings (SSSR count). The number of rotatable bonds is 9. The number of carboxylic acid groups (broad SMARTS) is 1. The van der Waals surface area contributed by atoms with E-state index < -0.39 is 17.9 Å². The number of aliphatic carboxylic acids is 1. The smallest absolute Gasteiger partial charge is 0.326 e. The SMILES string of the molecule is CC.CC(=O)CC[C@H](NC(=O)c1ccc(N(C)Cc2cnc3nc(N)nc(N)c3n2)cc1)C(=O)O. The van der Waals surface area contributed by atoms with Gasteiger partial charge in [0.1, 0.15) is 11.8 Å². The minimum Gasteiger partial charge on any atom is -0.480 e. The lowest BCUT2D eigenvalue weighted by molar-refractivity contribution is -0.139. The van der Waals surface area contributed by atoms with Crippen LogP contribution in [0.5, 0.6) is 0 Å². The van der Waals surface area contributed by atoms with E-state index in [9.17, 15) is 19.5 Å². The summed E-state index contributed by atoms with van der Waals surface area (Å²) in [5.41, 5.74) is 13.8. The van der Waals surface area contributed by atoms with Crippen LogP contribution < -0.4 is 21.7 Å². The number of ketones is 1. The molecular weight excluding hydrogens is 452 g/mol. The second-order valence-electron chi connectivity index (χ2n) is 7.51. The van der Waals surface area contributed by atoms with Crippen LogP contribution in [0.3, 0.4) is 0 Å². The second kappa shape index (κ2) is 12.2. The fourth-order valence-electron chi connectivity index (χ4n) is 3.11. The molecule has 35 heavy (non-hydrogen) atoms. The Labute approximate surface area is 202 Å². The van der Waals surface area contributed by atoms with E-state index in [2.05, 4.69) is 25.3 Å². The van der Waals surface area contributed by atoms with Crippen LogP contribution in [0.4, 0.5) is 17.5 Å². The molecule has 0 aliphatic rings. The number of nitrogens with zero attached hydrogens (tertiary/aromatic N) is 5. The lowest BCUT2D eigenvalue weighted by Gasteiger charge is -2.19. The van der Waals surface area contributed by atoms with Crippen molar-refractivity contribution in [3.63, 3.8) is 0 Å². The topological polar surface area (TPSA) is 190 Å². The number of carboxylic acids is 1. The number of anilines is 3. The van der Waals surface area contributed by atoms with Gasteiger partial charge in [-0.25, -0.2) is 14.8 Å². The van der Waals surface area contributed by atoms with Gasteiger partial charge in [0.2, 0.25) is 5.95 Å². The highest BCUT2D eigenvalue weighted by Gasteiger charge is 2.21. The van der Waals surface area contributed by atoms with Gasteiger partial charge in [-0.2, -0.15) is 9.97 Å². The van der Waals surface area contributed by atoms with Gasteiger partial charge in [0.15, 0.2) is 17.0 Å². The van der Waals surface area contributed by atoms with E-state index in [1.54, 1.807) is 30.5 Å². The molecular formula is C23H30N8O4. The minimum atomic E-state index is -1.19. The van der Waals surface area contributed by atoms with Gasteiger partial charge in [-0.05, 0) is 37.6 Å². The first-order valence-corrected chi connectivity index (χ1v) is 11.0. The number of amides is 1. The van der Waals surface area contributed by atoms with E-state index in [1.165, 1.54) is 6.92 Å². The minimum absolute atomic E-state index is 0.0248. The molecule has 1 atom stereocenters. The van der Waals surface area contributed by atoms with Crippen molar-refractivity contribution in [2.24, 2.45) is 0 Å². The van der Waals surface area contributed by atoms with Crippen LogP contribution in [-0.4, -0.2) is 55.8 Å². The summed E-state index contributed by atoms with van der Waals surface area (Å²) < 4.78 is 0. The number of fused-ring (bicyclic) bond motifs is 1.